The number of aromatic nitrogens is 1. The quantitative estimate of drug-likeness (QED) is 0.548. The highest BCUT2D eigenvalue weighted by molar-refractivity contribution is 5.50. The maximum absolute atomic E-state index is 8.46. The molecule has 1 aromatic rings. The van der Waals surface area contributed by atoms with Gasteiger partial charge in [-0.2, -0.15) is 5.26 Å². The SMILES string of the molecule is N#Cc1ccc(N2CC2)cn1. The van der Waals surface area contributed by atoms with Crippen LogP contribution < -0.4 is 4.90 Å². The molecule has 0 saturated carbocycles. The van der Waals surface area contributed by atoms with Crippen LogP contribution in [-0.4, -0.2) is 18.1 Å². The Morgan fingerprint density at radius 1 is 1.45 bits per heavy atom. The van der Waals surface area contributed by atoms with E-state index in [1.54, 1.807) is 12.3 Å². The predicted octanol–water partition coefficient (Wildman–Crippen LogP) is 0.773. The summed E-state index contributed by atoms with van der Waals surface area (Å²) in [5, 5.41) is 8.46. The van der Waals surface area contributed by atoms with Gasteiger partial charge in [0.2, 0.25) is 0 Å². The molecule has 0 radical (unpaired) electrons. The number of anilines is 1. The van der Waals surface area contributed by atoms with E-state index < -0.39 is 0 Å². The predicted molar refractivity (Wildman–Crippen MR) is 41.2 cm³/mol. The van der Waals surface area contributed by atoms with Crippen molar-refractivity contribution in [3.63, 3.8) is 0 Å². The molecule has 1 aliphatic rings. The third-order valence-electron chi connectivity index (χ3n) is 1.67. The Hall–Kier alpha value is -1.56. The molecule has 0 amide bonds. The Balaban J connectivity index is 2.27. The molecule has 0 N–H and O–H groups in total. The number of nitriles is 1. The smallest absolute Gasteiger partial charge is 0.140 e. The highest BCUT2D eigenvalue weighted by atomic mass is 15.3. The number of rotatable bonds is 1. The second kappa shape index (κ2) is 2.24. The minimum atomic E-state index is 0.482. The molecule has 3 heteroatoms. The average Bonchev–Trinajstić information content (AvgIpc) is 2.87. The Morgan fingerprint density at radius 2 is 2.27 bits per heavy atom. The van der Waals surface area contributed by atoms with Gasteiger partial charge < -0.3 is 4.90 Å². The van der Waals surface area contributed by atoms with Crippen molar-refractivity contribution in [2.75, 3.05) is 18.0 Å². The number of hydrogen-bond donors (Lipinski definition) is 0. The van der Waals surface area contributed by atoms with Gasteiger partial charge >= 0.3 is 0 Å². The molecule has 0 spiro atoms. The van der Waals surface area contributed by atoms with Crippen molar-refractivity contribution < 1.29 is 0 Å². The summed E-state index contributed by atoms with van der Waals surface area (Å²) in [4.78, 5) is 6.14. The van der Waals surface area contributed by atoms with E-state index >= 15 is 0 Å². The maximum Gasteiger partial charge on any atom is 0.140 e. The van der Waals surface area contributed by atoms with Gasteiger partial charge in [0.25, 0.3) is 0 Å². The standard InChI is InChI=1S/C8H7N3/c9-5-7-1-2-8(6-10-7)11-3-4-11/h1-2,6H,3-4H2. The van der Waals surface area contributed by atoms with Crippen molar-refractivity contribution in [2.45, 2.75) is 0 Å². The van der Waals surface area contributed by atoms with Crippen molar-refractivity contribution in [3.05, 3.63) is 24.0 Å². The summed E-state index contributed by atoms with van der Waals surface area (Å²) in [6.45, 7) is 2.24. The lowest BCUT2D eigenvalue weighted by molar-refractivity contribution is 1.23. The molecule has 1 aliphatic heterocycles. The monoisotopic (exact) mass is 145 g/mol. The van der Waals surface area contributed by atoms with Gasteiger partial charge in [0, 0.05) is 13.1 Å². The first kappa shape index (κ1) is 6.17. The zero-order valence-corrected chi connectivity index (χ0v) is 5.99. The van der Waals surface area contributed by atoms with E-state index in [-0.39, 0.29) is 0 Å². The van der Waals surface area contributed by atoms with Gasteiger partial charge in [0.1, 0.15) is 11.8 Å². The van der Waals surface area contributed by atoms with E-state index in [1.807, 2.05) is 12.1 Å². The largest absolute Gasteiger partial charge is 0.367 e. The molecule has 0 aliphatic carbocycles. The molecule has 0 bridgehead atoms. The first-order valence-corrected chi connectivity index (χ1v) is 3.51. The minimum absolute atomic E-state index is 0.482. The highest BCUT2D eigenvalue weighted by Crippen LogP contribution is 2.18. The van der Waals surface area contributed by atoms with Crippen molar-refractivity contribution in [1.29, 1.82) is 5.26 Å². The van der Waals surface area contributed by atoms with Crippen LogP contribution in [0.5, 0.6) is 0 Å². The third-order valence-corrected chi connectivity index (χ3v) is 1.67. The number of hydrogen-bond acceptors (Lipinski definition) is 3. The van der Waals surface area contributed by atoms with E-state index in [9.17, 15) is 0 Å². The van der Waals surface area contributed by atoms with Crippen LogP contribution in [0.15, 0.2) is 18.3 Å². The Labute approximate surface area is 64.9 Å². The van der Waals surface area contributed by atoms with Crippen LogP contribution in [0.2, 0.25) is 0 Å². The molecule has 0 aromatic carbocycles. The molecule has 2 rings (SSSR count). The van der Waals surface area contributed by atoms with Gasteiger partial charge in [-0.25, -0.2) is 4.98 Å². The lowest BCUT2D eigenvalue weighted by atomic mass is 10.3. The average molecular weight is 145 g/mol. The Kier molecular flexibility index (Phi) is 1.26. The number of nitrogens with zero attached hydrogens (tertiary/aromatic N) is 3. The van der Waals surface area contributed by atoms with Crippen LogP contribution in [0.25, 0.3) is 0 Å². The molecule has 2 heterocycles. The first-order valence-electron chi connectivity index (χ1n) is 3.51. The molecule has 1 saturated heterocycles. The second-order valence-corrected chi connectivity index (χ2v) is 2.50. The van der Waals surface area contributed by atoms with Crippen LogP contribution >= 0.6 is 0 Å². The summed E-state index contributed by atoms with van der Waals surface area (Å²) >= 11 is 0. The summed E-state index contributed by atoms with van der Waals surface area (Å²) in [5.41, 5.74) is 1.60. The molecular formula is C8H7N3. The molecule has 1 aromatic heterocycles. The molecule has 54 valence electrons. The summed E-state index contributed by atoms with van der Waals surface area (Å²) in [5.74, 6) is 0. The third kappa shape index (κ3) is 1.15. The van der Waals surface area contributed by atoms with Crippen LogP contribution in [0.3, 0.4) is 0 Å². The van der Waals surface area contributed by atoms with Crippen molar-refractivity contribution in [3.8, 4) is 6.07 Å². The second-order valence-electron chi connectivity index (χ2n) is 2.50. The van der Waals surface area contributed by atoms with Crippen molar-refractivity contribution in [2.24, 2.45) is 0 Å². The van der Waals surface area contributed by atoms with E-state index in [0.29, 0.717) is 5.69 Å². The molecule has 11 heavy (non-hydrogen) atoms. The summed E-state index contributed by atoms with van der Waals surface area (Å²) < 4.78 is 0. The van der Waals surface area contributed by atoms with Gasteiger partial charge in [-0.05, 0) is 12.1 Å². The van der Waals surface area contributed by atoms with E-state index in [1.165, 1.54) is 0 Å². The first-order chi connectivity index (χ1) is 5.40. The van der Waals surface area contributed by atoms with Crippen LogP contribution in [0.1, 0.15) is 5.69 Å². The zero-order valence-electron chi connectivity index (χ0n) is 5.99. The van der Waals surface area contributed by atoms with Crippen LogP contribution in [0, 0.1) is 11.3 Å². The van der Waals surface area contributed by atoms with Crippen molar-refractivity contribution >= 4 is 5.69 Å². The minimum Gasteiger partial charge on any atom is -0.367 e. The van der Waals surface area contributed by atoms with Gasteiger partial charge in [-0.15, -0.1) is 0 Å². The molecular weight excluding hydrogens is 138 g/mol. The fourth-order valence-electron chi connectivity index (χ4n) is 0.947. The van der Waals surface area contributed by atoms with E-state index in [4.69, 9.17) is 5.26 Å². The van der Waals surface area contributed by atoms with E-state index in [2.05, 4.69) is 9.88 Å². The molecule has 0 unspecified atom stereocenters. The fourth-order valence-corrected chi connectivity index (χ4v) is 0.947. The summed E-state index contributed by atoms with van der Waals surface area (Å²) in [6.07, 6.45) is 1.74. The topological polar surface area (TPSA) is 39.7 Å². The lowest BCUT2D eigenvalue weighted by Gasteiger charge is -1.98. The Bertz CT molecular complexity index is 292. The zero-order chi connectivity index (χ0) is 7.68. The lowest BCUT2D eigenvalue weighted by Crippen LogP contribution is -1.91. The molecule has 0 atom stereocenters. The number of pyridine rings is 1. The molecule has 3 nitrogen and oxygen atoms in total. The van der Waals surface area contributed by atoms with Crippen molar-refractivity contribution in [1.82, 2.24) is 4.98 Å². The fraction of sp³-hybridized carbons (Fsp3) is 0.250. The van der Waals surface area contributed by atoms with Crippen LogP contribution in [0.4, 0.5) is 5.69 Å². The molecule has 1 fully saturated rings. The van der Waals surface area contributed by atoms with E-state index in [0.717, 1.165) is 18.8 Å². The maximum atomic E-state index is 8.46. The van der Waals surface area contributed by atoms with Gasteiger partial charge in [-0.1, -0.05) is 0 Å². The van der Waals surface area contributed by atoms with Gasteiger partial charge in [0.15, 0.2) is 0 Å². The van der Waals surface area contributed by atoms with Crippen LogP contribution in [-0.2, 0) is 0 Å². The summed E-state index contributed by atoms with van der Waals surface area (Å²) in [7, 11) is 0. The van der Waals surface area contributed by atoms with Gasteiger partial charge in [-0.3, -0.25) is 0 Å². The van der Waals surface area contributed by atoms with Gasteiger partial charge in [0.05, 0.1) is 11.9 Å². The highest BCUT2D eigenvalue weighted by Gasteiger charge is 2.17. The summed E-state index contributed by atoms with van der Waals surface area (Å²) in [6, 6.07) is 5.66. The Morgan fingerprint density at radius 3 is 2.73 bits per heavy atom. The normalized spacial score (nSPS) is 14.3.